The lowest BCUT2D eigenvalue weighted by molar-refractivity contribution is 0.0735. The fraction of sp³-hybridized carbons (Fsp3) is 0.448. The third-order valence-electron chi connectivity index (χ3n) is 6.96. The molecule has 7 heteroatoms. The number of halogens is 1. The normalized spacial score (nSPS) is 14.4. The van der Waals surface area contributed by atoms with E-state index in [-0.39, 0.29) is 5.91 Å². The van der Waals surface area contributed by atoms with Crippen molar-refractivity contribution in [3.63, 3.8) is 0 Å². The first-order valence-electron chi connectivity index (χ1n) is 13.0. The maximum atomic E-state index is 13.7. The van der Waals surface area contributed by atoms with E-state index >= 15 is 0 Å². The van der Waals surface area contributed by atoms with Crippen LogP contribution in [0.4, 0.5) is 5.82 Å². The van der Waals surface area contributed by atoms with Crippen LogP contribution in [0.5, 0.6) is 0 Å². The van der Waals surface area contributed by atoms with E-state index in [1.165, 1.54) is 0 Å². The van der Waals surface area contributed by atoms with Crippen molar-refractivity contribution < 1.29 is 4.79 Å². The minimum atomic E-state index is 0.0607. The molecule has 1 aromatic heterocycles. The van der Waals surface area contributed by atoms with Crippen LogP contribution in [0.3, 0.4) is 0 Å². The number of benzene rings is 2. The number of hydrogen-bond donors (Lipinski definition) is 0. The second-order valence-corrected chi connectivity index (χ2v) is 10.9. The van der Waals surface area contributed by atoms with Crippen LogP contribution in [0.15, 0.2) is 59.1 Å². The highest BCUT2D eigenvalue weighted by Crippen LogP contribution is 2.30. The van der Waals surface area contributed by atoms with Crippen molar-refractivity contribution in [1.82, 2.24) is 19.6 Å². The van der Waals surface area contributed by atoms with Crippen molar-refractivity contribution in [2.45, 2.75) is 40.7 Å². The van der Waals surface area contributed by atoms with E-state index in [9.17, 15) is 4.79 Å². The summed E-state index contributed by atoms with van der Waals surface area (Å²) in [5.74, 6) is 1.69. The third kappa shape index (κ3) is 6.19. The minimum Gasteiger partial charge on any atom is -0.354 e. The number of anilines is 1. The molecule has 0 saturated carbocycles. The van der Waals surface area contributed by atoms with Crippen molar-refractivity contribution in [2.75, 3.05) is 44.2 Å². The Morgan fingerprint density at radius 1 is 1.06 bits per heavy atom. The van der Waals surface area contributed by atoms with Crippen LogP contribution in [0.2, 0.25) is 0 Å². The molecule has 4 rings (SSSR count). The first-order chi connectivity index (χ1) is 17.4. The molecule has 6 nitrogen and oxygen atoms in total. The molecule has 1 aliphatic heterocycles. The predicted octanol–water partition coefficient (Wildman–Crippen LogP) is 5.77. The Morgan fingerprint density at radius 2 is 1.78 bits per heavy atom. The van der Waals surface area contributed by atoms with E-state index < -0.39 is 0 Å². The van der Waals surface area contributed by atoms with Gasteiger partial charge in [0.2, 0.25) is 0 Å². The van der Waals surface area contributed by atoms with Crippen LogP contribution in [0.1, 0.15) is 48.8 Å². The Labute approximate surface area is 224 Å². The van der Waals surface area contributed by atoms with Gasteiger partial charge in [0.1, 0.15) is 5.82 Å². The number of aryl methyl sites for hydroxylation is 1. The fourth-order valence-electron chi connectivity index (χ4n) is 4.74. The van der Waals surface area contributed by atoms with Gasteiger partial charge in [-0.05, 0) is 56.1 Å². The van der Waals surface area contributed by atoms with Gasteiger partial charge < -0.3 is 14.7 Å². The summed E-state index contributed by atoms with van der Waals surface area (Å²) < 4.78 is 3.00. The van der Waals surface area contributed by atoms with Gasteiger partial charge in [-0.2, -0.15) is 5.10 Å². The van der Waals surface area contributed by atoms with Gasteiger partial charge in [-0.1, -0.05) is 61.0 Å². The molecule has 0 atom stereocenters. The molecule has 0 radical (unpaired) electrons. The molecule has 0 unspecified atom stereocenters. The van der Waals surface area contributed by atoms with Crippen LogP contribution in [0.25, 0.3) is 5.69 Å². The topological polar surface area (TPSA) is 44.6 Å². The first-order valence-corrected chi connectivity index (χ1v) is 13.8. The quantitative estimate of drug-likeness (QED) is 0.338. The van der Waals surface area contributed by atoms with Gasteiger partial charge in [0, 0.05) is 48.3 Å². The molecule has 1 saturated heterocycles. The summed E-state index contributed by atoms with van der Waals surface area (Å²) in [6, 6.07) is 18.0. The number of carbonyl (C=O) groups is 1. The monoisotopic (exact) mass is 551 g/mol. The molecule has 0 bridgehead atoms. The first kappa shape index (κ1) is 26.4. The molecule has 0 spiro atoms. The number of amides is 1. The molecular weight excluding hydrogens is 514 g/mol. The average Bonchev–Trinajstić information content (AvgIpc) is 3.22. The Morgan fingerprint density at radius 3 is 2.42 bits per heavy atom. The zero-order valence-electron chi connectivity index (χ0n) is 22.0. The summed E-state index contributed by atoms with van der Waals surface area (Å²) in [6.07, 6.45) is 0.954. The summed E-state index contributed by atoms with van der Waals surface area (Å²) in [7, 11) is 0. The van der Waals surface area contributed by atoms with Gasteiger partial charge in [-0.25, -0.2) is 4.68 Å². The number of nitrogens with zero attached hydrogens (tertiary/aromatic N) is 5. The van der Waals surface area contributed by atoms with Crippen molar-refractivity contribution in [1.29, 1.82) is 0 Å². The summed E-state index contributed by atoms with van der Waals surface area (Å²) >= 11 is 3.53. The third-order valence-corrected chi connectivity index (χ3v) is 7.45. The minimum absolute atomic E-state index is 0.0607. The number of carbonyl (C=O) groups excluding carboxylic acids is 1. The molecule has 3 aromatic rings. The number of rotatable bonds is 9. The molecule has 36 heavy (non-hydrogen) atoms. The van der Waals surface area contributed by atoms with E-state index in [0.717, 1.165) is 66.4 Å². The van der Waals surface area contributed by atoms with Gasteiger partial charge in [0.05, 0.1) is 17.9 Å². The largest absolute Gasteiger partial charge is 0.354 e. The summed E-state index contributed by atoms with van der Waals surface area (Å²) in [6.45, 7) is 15.0. The maximum Gasteiger partial charge on any atom is 0.254 e. The molecule has 1 fully saturated rings. The van der Waals surface area contributed by atoms with Crippen LogP contribution in [-0.4, -0.2) is 64.8 Å². The van der Waals surface area contributed by atoms with E-state index in [4.69, 9.17) is 5.10 Å². The Bertz CT molecular complexity index is 1150. The van der Waals surface area contributed by atoms with Crippen molar-refractivity contribution in [3.05, 3.63) is 75.9 Å². The van der Waals surface area contributed by atoms with Gasteiger partial charge in [-0.15, -0.1) is 0 Å². The van der Waals surface area contributed by atoms with Gasteiger partial charge in [-0.3, -0.25) is 4.79 Å². The van der Waals surface area contributed by atoms with Crippen molar-refractivity contribution in [3.8, 4) is 5.69 Å². The predicted molar refractivity (Wildman–Crippen MR) is 151 cm³/mol. The number of piperazine rings is 1. The lowest BCUT2D eigenvalue weighted by Gasteiger charge is -2.36. The molecule has 1 amide bonds. The summed E-state index contributed by atoms with van der Waals surface area (Å²) in [5.41, 5.74) is 3.87. The van der Waals surface area contributed by atoms with Crippen molar-refractivity contribution in [2.24, 2.45) is 5.92 Å². The highest BCUT2D eigenvalue weighted by Gasteiger charge is 2.28. The lowest BCUT2D eigenvalue weighted by atomic mass is 10.1. The van der Waals surface area contributed by atoms with Crippen LogP contribution >= 0.6 is 15.9 Å². The Balaban J connectivity index is 1.73. The summed E-state index contributed by atoms with van der Waals surface area (Å²) in [5, 5.41) is 5.01. The van der Waals surface area contributed by atoms with Gasteiger partial charge >= 0.3 is 0 Å². The second-order valence-electron chi connectivity index (χ2n) is 9.98. The number of para-hydroxylation sites is 1. The maximum absolute atomic E-state index is 13.7. The molecule has 1 aliphatic rings. The Hall–Kier alpha value is -2.64. The van der Waals surface area contributed by atoms with Crippen LogP contribution in [-0.2, 0) is 6.54 Å². The highest BCUT2D eigenvalue weighted by molar-refractivity contribution is 9.10. The van der Waals surface area contributed by atoms with E-state index in [1.807, 2.05) is 35.2 Å². The molecular formula is C29H38BrN5O. The molecule has 0 N–H and O–H groups in total. The highest BCUT2D eigenvalue weighted by atomic mass is 79.9. The fourth-order valence-corrected chi connectivity index (χ4v) is 5.14. The zero-order chi connectivity index (χ0) is 25.7. The van der Waals surface area contributed by atoms with E-state index in [0.29, 0.717) is 24.6 Å². The van der Waals surface area contributed by atoms with E-state index in [1.54, 1.807) is 0 Å². The number of likely N-dealkylation sites (N-methyl/N-ethyl adjacent to an activating group) is 1. The van der Waals surface area contributed by atoms with Gasteiger partial charge in [0.15, 0.2) is 0 Å². The van der Waals surface area contributed by atoms with Gasteiger partial charge in [0.25, 0.3) is 5.91 Å². The Kier molecular flexibility index (Phi) is 8.86. The smallest absolute Gasteiger partial charge is 0.254 e. The molecule has 0 aliphatic carbocycles. The second kappa shape index (κ2) is 12.1. The van der Waals surface area contributed by atoms with E-state index in [2.05, 4.69) is 82.4 Å². The number of aromatic nitrogens is 2. The SMILES string of the molecule is CCN1CCN(c2c(CN(CCC(C)C)C(=O)c3cccc(Br)c3)c(C)nn2-c2ccccc2)CC1. The van der Waals surface area contributed by atoms with Crippen LogP contribution < -0.4 is 4.90 Å². The van der Waals surface area contributed by atoms with Crippen molar-refractivity contribution >= 4 is 27.7 Å². The standard InChI is InChI=1S/C29H38BrN5O/c1-5-32-16-18-33(19-17-32)28-27(23(4)31-35(28)26-12-7-6-8-13-26)21-34(15-14-22(2)3)29(36)24-10-9-11-25(30)20-24/h6-13,20,22H,5,14-19,21H2,1-4H3. The summed E-state index contributed by atoms with van der Waals surface area (Å²) in [4.78, 5) is 20.7. The molecule has 192 valence electrons. The molecule has 2 aromatic carbocycles. The average molecular weight is 553 g/mol. The van der Waals surface area contributed by atoms with Crippen LogP contribution in [0, 0.1) is 12.8 Å². The number of hydrogen-bond acceptors (Lipinski definition) is 4. The zero-order valence-corrected chi connectivity index (χ0v) is 23.5. The molecule has 2 heterocycles. The lowest BCUT2D eigenvalue weighted by Crippen LogP contribution is -2.47.